The normalized spacial score (nSPS) is 13.0. The van der Waals surface area contributed by atoms with E-state index in [9.17, 15) is 0 Å². The Morgan fingerprint density at radius 3 is 2.53 bits per heavy atom. The van der Waals surface area contributed by atoms with Gasteiger partial charge in [-0.25, -0.2) is 0 Å². The van der Waals surface area contributed by atoms with Gasteiger partial charge in [0.05, 0.1) is 0 Å². The van der Waals surface area contributed by atoms with Gasteiger partial charge in [0.15, 0.2) is 0 Å². The van der Waals surface area contributed by atoms with E-state index >= 15 is 0 Å². The predicted molar refractivity (Wildman–Crippen MR) is 64.0 cm³/mol. The monoisotopic (exact) mass is 205 g/mol. The second-order valence-corrected chi connectivity index (χ2v) is 3.46. The summed E-state index contributed by atoms with van der Waals surface area (Å²) in [5.41, 5.74) is 7.08. The first-order valence-corrected chi connectivity index (χ1v) is 5.37. The lowest BCUT2D eigenvalue weighted by atomic mass is 10.1. The van der Waals surface area contributed by atoms with Gasteiger partial charge in [-0.2, -0.15) is 0 Å². The highest BCUT2D eigenvalue weighted by Crippen LogP contribution is 2.18. The van der Waals surface area contributed by atoms with Crippen LogP contribution in [0.5, 0.6) is 5.75 Å². The van der Waals surface area contributed by atoms with E-state index in [2.05, 4.69) is 6.92 Å². The summed E-state index contributed by atoms with van der Waals surface area (Å²) in [6.45, 7) is 4.68. The molecule has 0 bridgehead atoms. The smallest absolute Gasteiger partial charge is 0.119 e. The third kappa shape index (κ3) is 3.76. The zero-order valence-electron chi connectivity index (χ0n) is 9.44. The first-order valence-electron chi connectivity index (χ1n) is 5.37. The van der Waals surface area contributed by atoms with E-state index in [0.717, 1.165) is 17.7 Å². The van der Waals surface area contributed by atoms with E-state index in [1.807, 2.05) is 43.3 Å². The van der Waals surface area contributed by atoms with Gasteiger partial charge in [-0.1, -0.05) is 31.2 Å². The second kappa shape index (κ2) is 6.25. The molecular weight excluding hydrogens is 186 g/mol. The molecule has 0 aromatic heterocycles. The van der Waals surface area contributed by atoms with Crippen molar-refractivity contribution in [3.63, 3.8) is 0 Å². The number of hydrogen-bond acceptors (Lipinski definition) is 2. The Morgan fingerprint density at radius 1 is 1.33 bits per heavy atom. The first kappa shape index (κ1) is 11.8. The summed E-state index contributed by atoms with van der Waals surface area (Å²) in [5, 5.41) is 0. The molecule has 0 spiro atoms. The van der Waals surface area contributed by atoms with Gasteiger partial charge in [-0.15, -0.1) is 0 Å². The zero-order chi connectivity index (χ0) is 11.1. The van der Waals surface area contributed by atoms with Crippen LogP contribution in [0.4, 0.5) is 0 Å². The Hall–Kier alpha value is -1.28. The third-order valence-corrected chi connectivity index (χ3v) is 2.33. The lowest BCUT2D eigenvalue weighted by Gasteiger charge is -2.10. The Morgan fingerprint density at radius 2 is 2.00 bits per heavy atom. The van der Waals surface area contributed by atoms with Crippen LogP contribution in [0.25, 0.3) is 0 Å². The molecule has 2 N–H and O–H groups in total. The van der Waals surface area contributed by atoms with E-state index in [4.69, 9.17) is 10.5 Å². The molecule has 0 saturated heterocycles. The van der Waals surface area contributed by atoms with Crippen molar-refractivity contribution in [1.82, 2.24) is 0 Å². The fourth-order valence-corrected chi connectivity index (χ4v) is 1.29. The summed E-state index contributed by atoms with van der Waals surface area (Å²) >= 11 is 0. The number of hydrogen-bond donors (Lipinski definition) is 1. The minimum absolute atomic E-state index is 0.134. The topological polar surface area (TPSA) is 35.2 Å². The van der Waals surface area contributed by atoms with Gasteiger partial charge in [-0.05, 0) is 31.0 Å². The standard InChI is InChI=1S/C13H19NO/c1-3-5-10-15-12-8-6-11(7-9-12)13(14)4-2/h3,5-9,13H,4,10,14H2,1-2H3/b5-3+. The van der Waals surface area contributed by atoms with E-state index in [0.29, 0.717) is 6.61 Å². The SMILES string of the molecule is C/C=C/COc1ccc(C(N)CC)cc1. The van der Waals surface area contributed by atoms with Crippen LogP contribution in [0.15, 0.2) is 36.4 Å². The van der Waals surface area contributed by atoms with E-state index in [1.54, 1.807) is 0 Å². The number of allylic oxidation sites excluding steroid dienone is 1. The molecule has 1 atom stereocenters. The molecule has 0 radical (unpaired) electrons. The van der Waals surface area contributed by atoms with Crippen molar-refractivity contribution < 1.29 is 4.74 Å². The van der Waals surface area contributed by atoms with Crippen LogP contribution in [0, 0.1) is 0 Å². The van der Waals surface area contributed by atoms with Crippen LogP contribution in [0.2, 0.25) is 0 Å². The maximum absolute atomic E-state index is 5.91. The fourth-order valence-electron chi connectivity index (χ4n) is 1.29. The zero-order valence-corrected chi connectivity index (χ0v) is 9.44. The molecule has 1 aromatic carbocycles. The number of rotatable bonds is 5. The van der Waals surface area contributed by atoms with Crippen molar-refractivity contribution in [3.8, 4) is 5.75 Å². The molecule has 82 valence electrons. The highest BCUT2D eigenvalue weighted by atomic mass is 16.5. The molecule has 0 aliphatic rings. The van der Waals surface area contributed by atoms with Gasteiger partial charge >= 0.3 is 0 Å². The lowest BCUT2D eigenvalue weighted by Crippen LogP contribution is -2.08. The number of ether oxygens (including phenoxy) is 1. The van der Waals surface area contributed by atoms with Crippen molar-refractivity contribution >= 4 is 0 Å². The number of benzene rings is 1. The van der Waals surface area contributed by atoms with Crippen molar-refractivity contribution in [3.05, 3.63) is 42.0 Å². The lowest BCUT2D eigenvalue weighted by molar-refractivity contribution is 0.362. The molecule has 1 rings (SSSR count). The summed E-state index contributed by atoms with van der Waals surface area (Å²) in [6.07, 6.45) is 4.91. The molecule has 1 aromatic rings. The summed E-state index contributed by atoms with van der Waals surface area (Å²) in [5.74, 6) is 0.889. The van der Waals surface area contributed by atoms with E-state index in [-0.39, 0.29) is 6.04 Å². The largest absolute Gasteiger partial charge is 0.490 e. The fraction of sp³-hybridized carbons (Fsp3) is 0.385. The number of nitrogens with two attached hydrogens (primary N) is 1. The molecule has 0 aliphatic heterocycles. The quantitative estimate of drug-likeness (QED) is 0.750. The van der Waals surface area contributed by atoms with Gasteiger partial charge in [0.25, 0.3) is 0 Å². The van der Waals surface area contributed by atoms with Gasteiger partial charge in [-0.3, -0.25) is 0 Å². The van der Waals surface area contributed by atoms with Crippen molar-refractivity contribution in [2.45, 2.75) is 26.3 Å². The molecule has 0 saturated carbocycles. The highest BCUT2D eigenvalue weighted by molar-refractivity contribution is 5.29. The van der Waals surface area contributed by atoms with Crippen molar-refractivity contribution in [1.29, 1.82) is 0 Å². The Labute approximate surface area is 91.7 Å². The Kier molecular flexibility index (Phi) is 4.91. The molecule has 2 heteroatoms. The van der Waals surface area contributed by atoms with Crippen molar-refractivity contribution in [2.75, 3.05) is 6.61 Å². The Bertz CT molecular complexity index is 303. The summed E-state index contributed by atoms with van der Waals surface area (Å²) in [4.78, 5) is 0. The summed E-state index contributed by atoms with van der Waals surface area (Å²) in [7, 11) is 0. The molecule has 0 amide bonds. The Balaban J connectivity index is 2.56. The highest BCUT2D eigenvalue weighted by Gasteiger charge is 2.02. The predicted octanol–water partition coefficient (Wildman–Crippen LogP) is 3.05. The van der Waals surface area contributed by atoms with Crippen LogP contribution >= 0.6 is 0 Å². The summed E-state index contributed by atoms with van der Waals surface area (Å²) in [6, 6.07) is 8.12. The van der Waals surface area contributed by atoms with Gasteiger partial charge in [0.1, 0.15) is 12.4 Å². The van der Waals surface area contributed by atoms with Gasteiger partial charge in [0, 0.05) is 6.04 Å². The maximum atomic E-state index is 5.91. The summed E-state index contributed by atoms with van der Waals surface area (Å²) < 4.78 is 5.49. The van der Waals surface area contributed by atoms with Crippen molar-refractivity contribution in [2.24, 2.45) is 5.73 Å². The van der Waals surface area contributed by atoms with Gasteiger partial charge < -0.3 is 10.5 Å². The second-order valence-electron chi connectivity index (χ2n) is 3.46. The minimum atomic E-state index is 0.134. The molecule has 0 fully saturated rings. The molecule has 1 unspecified atom stereocenters. The van der Waals surface area contributed by atoms with Gasteiger partial charge in [0.2, 0.25) is 0 Å². The van der Waals surface area contributed by atoms with E-state index < -0.39 is 0 Å². The average Bonchev–Trinajstić information content (AvgIpc) is 2.29. The van der Waals surface area contributed by atoms with E-state index in [1.165, 1.54) is 0 Å². The third-order valence-electron chi connectivity index (χ3n) is 2.33. The average molecular weight is 205 g/mol. The van der Waals surface area contributed by atoms with Crippen LogP contribution in [-0.2, 0) is 0 Å². The first-order chi connectivity index (χ1) is 7.27. The minimum Gasteiger partial charge on any atom is -0.490 e. The molecule has 0 heterocycles. The maximum Gasteiger partial charge on any atom is 0.119 e. The van der Waals surface area contributed by atoms with Crippen LogP contribution < -0.4 is 10.5 Å². The molecule has 0 aliphatic carbocycles. The van der Waals surface area contributed by atoms with Crippen LogP contribution in [-0.4, -0.2) is 6.61 Å². The molecular formula is C13H19NO. The van der Waals surface area contributed by atoms with Crippen LogP contribution in [0.1, 0.15) is 31.9 Å². The molecule has 2 nitrogen and oxygen atoms in total. The van der Waals surface area contributed by atoms with Crippen LogP contribution in [0.3, 0.4) is 0 Å². The molecule has 15 heavy (non-hydrogen) atoms.